The summed E-state index contributed by atoms with van der Waals surface area (Å²) in [6.45, 7) is 2.04. The Balaban J connectivity index is 1.54. The van der Waals surface area contributed by atoms with Gasteiger partial charge in [0.1, 0.15) is 5.58 Å². The molecule has 172 valence electrons. The predicted molar refractivity (Wildman–Crippen MR) is 144 cm³/mol. The highest BCUT2D eigenvalue weighted by Crippen LogP contribution is 2.51. The molecule has 0 spiro atoms. The maximum Gasteiger partial charge on any atom is 0.345 e. The van der Waals surface area contributed by atoms with Crippen LogP contribution in [0.1, 0.15) is 46.9 Å². The van der Waals surface area contributed by atoms with Gasteiger partial charge >= 0.3 is 5.63 Å². The molecule has 3 aromatic carbocycles. The molecule has 3 nitrogen and oxygen atoms in total. The minimum Gasteiger partial charge on any atom is -0.422 e. The summed E-state index contributed by atoms with van der Waals surface area (Å²) in [5.74, 6) is 0.535. The molecule has 2 aromatic heterocycles. The third kappa shape index (κ3) is 3.35. The number of thiophene rings is 1. The topological polar surface area (TPSA) is 33.5 Å². The smallest absolute Gasteiger partial charge is 0.345 e. The van der Waals surface area contributed by atoms with Crippen LogP contribution in [0.3, 0.4) is 0 Å². The maximum absolute atomic E-state index is 13.2. The van der Waals surface area contributed by atoms with Gasteiger partial charge in [0, 0.05) is 46.4 Å². The van der Waals surface area contributed by atoms with Crippen LogP contribution in [-0.4, -0.2) is 13.1 Å². The van der Waals surface area contributed by atoms with Crippen LogP contribution in [0.5, 0.6) is 0 Å². The van der Waals surface area contributed by atoms with E-state index in [0.29, 0.717) is 11.5 Å². The largest absolute Gasteiger partial charge is 0.422 e. The fourth-order valence-electron chi connectivity index (χ4n) is 6.10. The Hall–Kier alpha value is -3.63. The lowest BCUT2D eigenvalue weighted by atomic mass is 9.75. The third-order valence-electron chi connectivity index (χ3n) is 7.67. The molecule has 2 unspecified atom stereocenters. The Labute approximate surface area is 208 Å². The number of anilines is 1. The summed E-state index contributed by atoms with van der Waals surface area (Å²) >= 11 is 1.58. The first-order chi connectivity index (χ1) is 17.3. The molecule has 0 fully saturated rings. The fraction of sp³-hybridized carbons (Fsp3) is 0.194. The van der Waals surface area contributed by atoms with E-state index in [2.05, 4.69) is 77.7 Å². The van der Waals surface area contributed by atoms with E-state index in [1.54, 1.807) is 11.3 Å². The van der Waals surface area contributed by atoms with Gasteiger partial charge in [-0.3, -0.25) is 0 Å². The van der Waals surface area contributed by atoms with Crippen molar-refractivity contribution in [3.05, 3.63) is 123 Å². The van der Waals surface area contributed by atoms with E-state index in [1.165, 1.54) is 27.9 Å². The minimum atomic E-state index is -0.254. The highest BCUT2D eigenvalue weighted by Gasteiger charge is 2.37. The molecule has 0 bridgehead atoms. The molecule has 0 amide bonds. The van der Waals surface area contributed by atoms with Crippen LogP contribution in [0.25, 0.3) is 21.4 Å². The van der Waals surface area contributed by atoms with E-state index in [0.717, 1.165) is 41.8 Å². The molecule has 2 aliphatic heterocycles. The quantitative estimate of drug-likeness (QED) is 0.255. The molecule has 35 heavy (non-hydrogen) atoms. The van der Waals surface area contributed by atoms with Gasteiger partial charge in [-0.05, 0) is 53.1 Å². The van der Waals surface area contributed by atoms with Crippen molar-refractivity contribution in [3.63, 3.8) is 0 Å². The zero-order valence-electron chi connectivity index (χ0n) is 19.3. The second kappa shape index (κ2) is 8.24. The summed E-state index contributed by atoms with van der Waals surface area (Å²) in [7, 11) is 0. The molecule has 0 radical (unpaired) electrons. The Kier molecular flexibility index (Phi) is 4.88. The van der Waals surface area contributed by atoms with Crippen LogP contribution >= 0.6 is 11.3 Å². The Morgan fingerprint density at radius 2 is 1.49 bits per heavy atom. The van der Waals surface area contributed by atoms with E-state index < -0.39 is 0 Å². The van der Waals surface area contributed by atoms with Crippen LogP contribution in [0, 0.1) is 0 Å². The SMILES string of the molecule is O=c1oc2c3c4c(cc2cc1-c1cccs1)C(c1ccccc1)CCN4CCC3c1ccccc1. The minimum absolute atomic E-state index is 0.204. The standard InChI is InChI=1S/C31H25NO2S/c33-31-26(27-12-7-17-35-27)19-22-18-25-23(20-8-3-1-4-9-20)13-15-32-16-14-24(21-10-5-2-6-11-21)28(29(25)32)30(22)34-31/h1-12,17-19,23-24H,13-16H2. The molecule has 0 N–H and O–H groups in total. The first-order valence-corrected chi connectivity index (χ1v) is 13.2. The predicted octanol–water partition coefficient (Wildman–Crippen LogP) is 7.40. The molecule has 0 saturated heterocycles. The van der Waals surface area contributed by atoms with E-state index in [9.17, 15) is 4.79 Å². The van der Waals surface area contributed by atoms with E-state index >= 15 is 0 Å². The van der Waals surface area contributed by atoms with Gasteiger partial charge in [-0.15, -0.1) is 11.3 Å². The fourth-order valence-corrected chi connectivity index (χ4v) is 6.83. The lowest BCUT2D eigenvalue weighted by Crippen LogP contribution is -2.37. The first-order valence-electron chi connectivity index (χ1n) is 12.3. The number of benzene rings is 3. The van der Waals surface area contributed by atoms with Crippen molar-refractivity contribution in [3.8, 4) is 10.4 Å². The van der Waals surface area contributed by atoms with Crippen LogP contribution in [-0.2, 0) is 0 Å². The Morgan fingerprint density at radius 3 is 2.17 bits per heavy atom. The Bertz CT molecular complexity index is 1570. The average Bonchev–Trinajstić information content (AvgIpc) is 3.45. The van der Waals surface area contributed by atoms with Gasteiger partial charge in [-0.25, -0.2) is 4.79 Å². The average molecular weight is 476 g/mol. The van der Waals surface area contributed by atoms with Crippen LogP contribution in [0.15, 0.2) is 99.5 Å². The molecule has 4 heteroatoms. The van der Waals surface area contributed by atoms with E-state index in [-0.39, 0.29) is 11.5 Å². The summed E-state index contributed by atoms with van der Waals surface area (Å²) in [6.07, 6.45) is 2.11. The van der Waals surface area contributed by atoms with E-state index in [1.807, 2.05) is 17.5 Å². The van der Waals surface area contributed by atoms with Gasteiger partial charge in [0.15, 0.2) is 0 Å². The molecule has 5 aromatic rings. The highest BCUT2D eigenvalue weighted by atomic mass is 32.1. The van der Waals surface area contributed by atoms with Gasteiger partial charge < -0.3 is 9.32 Å². The summed E-state index contributed by atoms with van der Waals surface area (Å²) in [5.41, 5.74) is 7.61. The van der Waals surface area contributed by atoms with Crippen molar-refractivity contribution in [2.45, 2.75) is 24.7 Å². The number of hydrogen-bond donors (Lipinski definition) is 0. The van der Waals surface area contributed by atoms with Gasteiger partial charge in [0.25, 0.3) is 0 Å². The second-order valence-electron chi connectivity index (χ2n) is 9.56. The molecule has 2 atom stereocenters. The molecular formula is C31H25NO2S. The summed E-state index contributed by atoms with van der Waals surface area (Å²) < 4.78 is 6.20. The monoisotopic (exact) mass is 475 g/mol. The van der Waals surface area contributed by atoms with Crippen molar-refractivity contribution in [2.75, 3.05) is 18.0 Å². The lowest BCUT2D eigenvalue weighted by molar-refractivity contribution is 0.536. The number of fused-ring (bicyclic) bond motifs is 2. The maximum atomic E-state index is 13.2. The lowest BCUT2D eigenvalue weighted by Gasteiger charge is -2.43. The van der Waals surface area contributed by atoms with Crippen molar-refractivity contribution in [1.82, 2.24) is 0 Å². The third-order valence-corrected chi connectivity index (χ3v) is 8.57. The van der Waals surface area contributed by atoms with Crippen molar-refractivity contribution >= 4 is 28.0 Å². The molecule has 2 aliphatic rings. The molecule has 0 saturated carbocycles. The van der Waals surface area contributed by atoms with Crippen molar-refractivity contribution in [1.29, 1.82) is 0 Å². The van der Waals surface area contributed by atoms with Gasteiger partial charge in [-0.2, -0.15) is 0 Å². The molecule has 4 heterocycles. The number of rotatable bonds is 3. The highest BCUT2D eigenvalue weighted by molar-refractivity contribution is 7.13. The number of nitrogens with zero attached hydrogens (tertiary/aromatic N) is 1. The normalized spacial score (nSPS) is 19.0. The zero-order valence-corrected chi connectivity index (χ0v) is 20.1. The molecule has 0 aliphatic carbocycles. The van der Waals surface area contributed by atoms with Crippen LogP contribution in [0.4, 0.5) is 5.69 Å². The van der Waals surface area contributed by atoms with Crippen molar-refractivity contribution < 1.29 is 4.42 Å². The zero-order chi connectivity index (χ0) is 23.4. The van der Waals surface area contributed by atoms with Gasteiger partial charge in [0.2, 0.25) is 0 Å². The van der Waals surface area contributed by atoms with Crippen molar-refractivity contribution in [2.24, 2.45) is 0 Å². The number of hydrogen-bond acceptors (Lipinski definition) is 4. The molecular weight excluding hydrogens is 450 g/mol. The van der Waals surface area contributed by atoms with Crippen LogP contribution < -0.4 is 10.5 Å². The van der Waals surface area contributed by atoms with Crippen LogP contribution in [0.2, 0.25) is 0 Å². The summed E-state index contributed by atoms with van der Waals surface area (Å²) in [4.78, 5) is 16.7. The summed E-state index contributed by atoms with van der Waals surface area (Å²) in [5, 5.41) is 3.03. The van der Waals surface area contributed by atoms with Gasteiger partial charge in [0.05, 0.1) is 5.56 Å². The van der Waals surface area contributed by atoms with E-state index in [4.69, 9.17) is 4.42 Å². The first kappa shape index (κ1) is 20.7. The summed E-state index contributed by atoms with van der Waals surface area (Å²) in [6, 6.07) is 29.9. The molecule has 7 rings (SSSR count). The Morgan fingerprint density at radius 1 is 0.800 bits per heavy atom. The van der Waals surface area contributed by atoms with Gasteiger partial charge in [-0.1, -0.05) is 66.7 Å². The second-order valence-corrected chi connectivity index (χ2v) is 10.5.